The first-order valence-corrected chi connectivity index (χ1v) is 29.1. The third-order valence-corrected chi connectivity index (χ3v) is 20.4. The van der Waals surface area contributed by atoms with Crippen molar-refractivity contribution in [1.29, 1.82) is 0 Å². The van der Waals surface area contributed by atoms with Gasteiger partial charge in [0.2, 0.25) is 0 Å². The van der Waals surface area contributed by atoms with Gasteiger partial charge in [-0.3, -0.25) is 0 Å². The lowest BCUT2D eigenvalue weighted by Gasteiger charge is -2.34. The zero-order valence-electron chi connectivity index (χ0n) is 46.9. The molecule has 370 valence electrons. The van der Waals surface area contributed by atoms with E-state index in [0.29, 0.717) is 0 Å². The van der Waals surface area contributed by atoms with Gasteiger partial charge in [-0.15, -0.1) is 0 Å². The number of rotatable bonds is 6. The van der Waals surface area contributed by atoms with Gasteiger partial charge in [0.15, 0.2) is 0 Å². The number of benzene rings is 7. The van der Waals surface area contributed by atoms with Crippen molar-refractivity contribution >= 4 is 36.1 Å². The molecule has 0 radical (unpaired) electrons. The first-order valence-electron chi connectivity index (χ1n) is 26.4. The Labute approximate surface area is 436 Å². The van der Waals surface area contributed by atoms with Gasteiger partial charge in [-0.25, -0.2) is 0 Å². The van der Waals surface area contributed by atoms with Gasteiger partial charge >= 0.3 is 0 Å². The van der Waals surface area contributed by atoms with E-state index in [-0.39, 0.29) is 32.5 Å². The van der Waals surface area contributed by atoms with Crippen LogP contribution in [-0.2, 0) is 32.5 Å². The summed E-state index contributed by atoms with van der Waals surface area (Å²) >= 11 is 0. The van der Waals surface area contributed by atoms with Crippen LogP contribution in [0.1, 0.15) is 158 Å². The molecular formula is C70H80P2. The number of fused-ring (bicyclic) bond motifs is 2. The van der Waals surface area contributed by atoms with E-state index in [1.807, 2.05) is 0 Å². The average Bonchev–Trinajstić information content (AvgIpc) is 3.83. The predicted molar refractivity (Wildman–Crippen MR) is 323 cm³/mol. The molecule has 9 rings (SSSR count). The van der Waals surface area contributed by atoms with Gasteiger partial charge in [-0.1, -0.05) is 297 Å². The van der Waals surface area contributed by atoms with E-state index in [1.165, 1.54) is 109 Å². The fourth-order valence-corrected chi connectivity index (χ4v) is 18.0. The van der Waals surface area contributed by atoms with Gasteiger partial charge in [-0.05, 0) is 98.9 Å². The van der Waals surface area contributed by atoms with Crippen LogP contribution in [0.4, 0.5) is 0 Å². The van der Waals surface area contributed by atoms with Crippen LogP contribution in [0.5, 0.6) is 0 Å². The molecular weight excluding hydrogens is 903 g/mol. The van der Waals surface area contributed by atoms with Gasteiger partial charge in [-0.2, -0.15) is 0 Å². The van der Waals surface area contributed by atoms with E-state index in [2.05, 4.69) is 282 Å². The molecule has 0 fully saturated rings. The van der Waals surface area contributed by atoms with Gasteiger partial charge < -0.3 is 0 Å². The largest absolute Gasteiger partial charge is 0.0760 e. The van der Waals surface area contributed by atoms with Gasteiger partial charge in [0.25, 0.3) is 0 Å². The summed E-state index contributed by atoms with van der Waals surface area (Å²) in [6.07, 6.45) is 0. The van der Waals surface area contributed by atoms with E-state index >= 15 is 0 Å². The third-order valence-electron chi connectivity index (χ3n) is 14.9. The topological polar surface area (TPSA) is 0 Å². The van der Waals surface area contributed by atoms with Gasteiger partial charge in [0.05, 0.1) is 0 Å². The van der Waals surface area contributed by atoms with E-state index < -0.39 is 15.1 Å². The second kappa shape index (κ2) is 18.2. The molecule has 0 nitrogen and oxygen atoms in total. The molecule has 2 heterocycles. The zero-order chi connectivity index (χ0) is 52.1. The Kier molecular flexibility index (Phi) is 13.0. The maximum Gasteiger partial charge on any atom is 0.0147 e. The van der Waals surface area contributed by atoms with E-state index in [4.69, 9.17) is 0 Å². The van der Waals surface area contributed by atoms with Crippen molar-refractivity contribution in [2.45, 2.75) is 157 Å². The molecule has 0 amide bonds. The van der Waals surface area contributed by atoms with Gasteiger partial charge in [0.1, 0.15) is 0 Å². The Morgan fingerprint density at radius 2 is 0.528 bits per heavy atom. The molecule has 0 aliphatic heterocycles. The maximum atomic E-state index is 2.57. The molecule has 2 aromatic heterocycles. The Morgan fingerprint density at radius 3 is 0.792 bits per heavy atom. The molecule has 2 heteroatoms. The monoisotopic (exact) mass is 983 g/mol. The molecule has 9 aromatic rings. The number of hydrogen-bond acceptors (Lipinski definition) is 0. The van der Waals surface area contributed by atoms with Crippen LogP contribution < -0.4 is 0 Å². The molecule has 0 aliphatic rings. The minimum atomic E-state index is -0.960. The Morgan fingerprint density at radius 1 is 0.264 bits per heavy atom. The highest BCUT2D eigenvalue weighted by Gasteiger charge is 2.36. The molecule has 0 bridgehead atoms. The molecule has 0 aliphatic carbocycles. The van der Waals surface area contributed by atoms with Gasteiger partial charge in [0, 0.05) is 42.6 Å². The summed E-state index contributed by atoms with van der Waals surface area (Å²) in [4.78, 5) is 0. The minimum Gasteiger partial charge on any atom is -0.0760 e. The fourth-order valence-electron chi connectivity index (χ4n) is 11.0. The number of hydrogen-bond donors (Lipinski definition) is 0. The van der Waals surface area contributed by atoms with Crippen LogP contribution in [0, 0.1) is 0 Å². The van der Waals surface area contributed by atoms with Crippen molar-refractivity contribution in [3.8, 4) is 54.6 Å². The summed E-state index contributed by atoms with van der Waals surface area (Å²) < 4.78 is 0. The first-order chi connectivity index (χ1) is 33.6. The van der Waals surface area contributed by atoms with Crippen molar-refractivity contribution in [2.24, 2.45) is 0 Å². The standard InChI is InChI=1S/C70H80P2/c1-65(2,3)49-41-53(67(7,8)9)63(54(42-49)68(10,11)12)71-57-35-27-25-33-51(57)59(61(71)47-29-21-19-22-30-47)45-37-39-46(40-38-45)60-52-34-26-28-36-58(52)72(62(60)48-31-23-20-24-32-48)64-55(69(13,14)15)43-50(66(4,5)6)44-56(64)70(16,17)18/h19-44H,1-18H3. The molecule has 2 atom stereocenters. The van der Waals surface area contributed by atoms with E-state index in [9.17, 15) is 0 Å². The zero-order valence-corrected chi connectivity index (χ0v) is 48.7. The summed E-state index contributed by atoms with van der Waals surface area (Å²) in [5, 5.41) is 11.6. The van der Waals surface area contributed by atoms with Crippen LogP contribution in [0.3, 0.4) is 0 Å². The highest BCUT2D eigenvalue weighted by molar-refractivity contribution is 7.66. The van der Waals surface area contributed by atoms with E-state index in [1.54, 1.807) is 0 Å². The SMILES string of the molecule is CC(C)(C)c1cc(C(C)(C)C)c(-p2c(-c3ccccc3)c(-c3ccc(-c4c(-c5ccccc5)p(-c5c(C(C)(C)C)cc(C(C)(C)C)cc5C(C)(C)C)c5ccccc45)cc3)c3ccccc32)c(C(C)(C)C)c1. The van der Waals surface area contributed by atoms with Crippen LogP contribution in [0.25, 0.3) is 75.6 Å². The fraction of sp³-hybridized carbons (Fsp3) is 0.343. The molecule has 72 heavy (non-hydrogen) atoms. The van der Waals surface area contributed by atoms with Crippen molar-refractivity contribution in [3.63, 3.8) is 0 Å². The summed E-state index contributed by atoms with van der Waals surface area (Å²) in [6, 6.07) is 61.6. The Balaban J connectivity index is 1.38. The summed E-state index contributed by atoms with van der Waals surface area (Å²) in [6.45, 7) is 43.3. The predicted octanol–water partition coefficient (Wildman–Crippen LogP) is 22.4. The lowest BCUT2D eigenvalue weighted by atomic mass is 9.75. The molecule has 0 spiro atoms. The van der Waals surface area contributed by atoms with Crippen molar-refractivity contribution in [2.75, 3.05) is 0 Å². The van der Waals surface area contributed by atoms with Crippen LogP contribution in [0.2, 0.25) is 0 Å². The second-order valence-corrected chi connectivity index (χ2v) is 30.9. The highest BCUT2D eigenvalue weighted by atomic mass is 31.1. The van der Waals surface area contributed by atoms with Crippen LogP contribution in [0.15, 0.2) is 158 Å². The lowest BCUT2D eigenvalue weighted by Crippen LogP contribution is -2.22. The summed E-state index contributed by atoms with van der Waals surface area (Å²) in [7, 11) is -1.92. The Bertz CT molecular complexity index is 3150. The molecule has 0 saturated heterocycles. The molecule has 0 N–H and O–H groups in total. The molecule has 0 saturated carbocycles. The first kappa shape index (κ1) is 51.5. The van der Waals surface area contributed by atoms with Crippen molar-refractivity contribution in [3.05, 3.63) is 191 Å². The van der Waals surface area contributed by atoms with Crippen molar-refractivity contribution in [1.82, 2.24) is 0 Å². The third kappa shape index (κ3) is 9.42. The van der Waals surface area contributed by atoms with Crippen molar-refractivity contribution < 1.29 is 0 Å². The highest BCUT2D eigenvalue weighted by Crippen LogP contribution is 2.67. The van der Waals surface area contributed by atoms with E-state index in [0.717, 1.165) is 0 Å². The van der Waals surface area contributed by atoms with Crippen LogP contribution >= 0.6 is 15.1 Å². The maximum absolute atomic E-state index is 2.57. The summed E-state index contributed by atoms with van der Waals surface area (Å²) in [5.41, 5.74) is 16.4. The van der Waals surface area contributed by atoms with Crippen LogP contribution in [-0.4, -0.2) is 0 Å². The Hall–Kier alpha value is -5.38. The normalized spacial score (nSPS) is 13.6. The minimum absolute atomic E-state index is 0.0157. The molecule has 2 unspecified atom stereocenters. The quantitative estimate of drug-likeness (QED) is 0.156. The lowest BCUT2D eigenvalue weighted by molar-refractivity contribution is 0.551. The second-order valence-electron chi connectivity index (χ2n) is 26.8. The smallest absolute Gasteiger partial charge is 0.0147 e. The molecule has 7 aromatic carbocycles. The summed E-state index contributed by atoms with van der Waals surface area (Å²) in [5.74, 6) is 0. The average molecular weight is 983 g/mol.